The molecule has 25 rings (SSSR count). The molecule has 3 aliphatic rings. The van der Waals surface area contributed by atoms with Crippen LogP contribution in [0.3, 0.4) is 0 Å². The van der Waals surface area contributed by atoms with Gasteiger partial charge in [0, 0.05) is 42.6 Å². The summed E-state index contributed by atoms with van der Waals surface area (Å²) in [6.45, 7) is 50.8. The fraction of sp³-hybridized carbons (Fsp3) is 0.186. The Bertz CT molecular complexity index is 8630. The third-order valence-corrected chi connectivity index (χ3v) is 32.4. The first kappa shape index (κ1) is 98.5. The lowest BCUT2D eigenvalue weighted by Crippen LogP contribution is -2.15. The predicted molar refractivity (Wildman–Crippen MR) is 644 cm³/mol. The van der Waals surface area contributed by atoms with E-state index in [1.807, 2.05) is 11.3 Å². The standard InChI is InChI=1S/2C44H36.C24H27N.C17H18.C16H16OS/c1-25-9-7-10-31(19-25)34-15-16-38-42-35(34)11-8-12-37(42)43-41(33-22-29(5)18-30(6)23-33)39-24-26(2)13-14-36(39)40(44(38)43)32-20-27(3)17-28(4)21-32;1-25-9-7-10-31(19-25)34-15-16-38-42-35(34)11-8-12-37(42)43-40(32-20-27(3)17-28(4)21-32)36-14-13-26(2)24-39(36)41(44(38)43)33-22-29(5)18-30(6)23-33;1-5-20(4)21-10-16-24(17-11-21)25(22-12-6-18(2)7-13-22)23-14-8-19(3)9-15-23;1-11-5-7-13-14-8-6-12(2)10-16(14)17(3,4)15(13)9-11;1-9-5-12-13-8-14(17-4)11(3)7-16(13)18-15(12)6-10(9)2/h2*7-24H,1-6H3;6-17,20H,5H2,1-4H3;5-10H,1-4H3;5-8H,1-4H3. The highest BCUT2D eigenvalue weighted by Gasteiger charge is 2.38. The van der Waals surface area contributed by atoms with Crippen molar-refractivity contribution < 1.29 is 4.74 Å². The topological polar surface area (TPSA) is 12.5 Å². The third kappa shape index (κ3) is 18.4. The van der Waals surface area contributed by atoms with Gasteiger partial charge in [0.05, 0.1) is 7.11 Å². The molecule has 0 fully saturated rings. The Labute approximate surface area is 881 Å². The van der Waals surface area contributed by atoms with Crippen LogP contribution in [-0.2, 0) is 5.41 Å². The highest BCUT2D eigenvalue weighted by molar-refractivity contribution is 7.25. The summed E-state index contributed by atoms with van der Waals surface area (Å²) in [7, 11) is 1.73. The Morgan fingerprint density at radius 3 is 0.919 bits per heavy atom. The van der Waals surface area contributed by atoms with E-state index >= 15 is 0 Å². The SMILES string of the molecule is CCC(C)c1ccc(N(c2ccc(C)cc2)c2ccc(C)cc2)cc1.COc1cc2c(cc1C)sc1cc(C)c(C)cc12.Cc1cc(C)cc(-c2c3c(c(-c4cc(C)cc(C)c4)c4cc(C)ccc24)-c2ccc(-c4cccc(C)c4)c4cccc-3c24)c1.Cc1cc(C)cc(-c2c3c(c(-c4cc(C)cc(C)c4)c4cc(C)ccc24)-c2cccc4c(-c5cccc(C)c5)ccc-3c24)c1.Cc1ccc2c(c1)C(C)(C)c1cc(C)ccc1-2. The van der Waals surface area contributed by atoms with Crippen molar-refractivity contribution in [2.24, 2.45) is 0 Å². The molecule has 1 atom stereocenters. The van der Waals surface area contributed by atoms with Gasteiger partial charge in [-0.3, -0.25) is 0 Å². The summed E-state index contributed by atoms with van der Waals surface area (Å²) in [6.07, 6.45) is 1.17. The van der Waals surface area contributed by atoms with Gasteiger partial charge in [-0.2, -0.15) is 0 Å². The number of fused-ring (bicyclic) bond motifs is 14. The van der Waals surface area contributed by atoms with Gasteiger partial charge in [-0.1, -0.05) is 408 Å². The molecule has 1 unspecified atom stereocenters. The Morgan fingerprint density at radius 1 is 0.236 bits per heavy atom. The van der Waals surface area contributed by atoms with Gasteiger partial charge in [-0.05, 0) is 403 Å². The molecule has 0 spiro atoms. The summed E-state index contributed by atoms with van der Waals surface area (Å²) in [5.74, 6) is 1.57. The van der Waals surface area contributed by atoms with Gasteiger partial charge in [0.1, 0.15) is 5.75 Å². The van der Waals surface area contributed by atoms with Crippen LogP contribution < -0.4 is 9.64 Å². The normalized spacial score (nSPS) is 12.2. The second kappa shape index (κ2) is 39.7. The number of benzene rings is 21. The number of thiophene rings is 1. The zero-order valence-electron chi connectivity index (χ0n) is 90.5. The molecule has 2 nitrogen and oxygen atoms in total. The van der Waals surface area contributed by atoms with Crippen molar-refractivity contribution >= 4 is 91.7 Å². The Balaban J connectivity index is 0.000000114. The van der Waals surface area contributed by atoms with Crippen LogP contribution in [-0.4, -0.2) is 7.11 Å². The lowest BCUT2D eigenvalue weighted by atomic mass is 9.81. The number of ether oxygens (including phenoxy) is 1. The van der Waals surface area contributed by atoms with Gasteiger partial charge < -0.3 is 9.64 Å². The lowest BCUT2D eigenvalue weighted by molar-refractivity contribution is 0.412. The number of rotatable bonds is 12. The summed E-state index contributed by atoms with van der Waals surface area (Å²) in [5, 5.41) is 13.3. The van der Waals surface area contributed by atoms with Crippen LogP contribution in [0.4, 0.5) is 17.1 Å². The Morgan fingerprint density at radius 2 is 0.541 bits per heavy atom. The van der Waals surface area contributed by atoms with Gasteiger partial charge in [0.2, 0.25) is 0 Å². The first-order valence-corrected chi connectivity index (χ1v) is 53.6. The molecular formula is C145H133NOS. The van der Waals surface area contributed by atoms with E-state index in [-0.39, 0.29) is 5.41 Å². The van der Waals surface area contributed by atoms with Crippen LogP contribution in [0.1, 0.15) is 162 Å². The number of aryl methyl sites for hydroxylation is 19. The highest BCUT2D eigenvalue weighted by atomic mass is 32.1. The maximum atomic E-state index is 5.43. The molecule has 3 heteroatoms. The molecule has 22 aromatic rings. The van der Waals surface area contributed by atoms with E-state index in [9.17, 15) is 0 Å². The fourth-order valence-electron chi connectivity index (χ4n) is 24.1. The molecule has 1 aromatic heterocycles. The molecule has 148 heavy (non-hydrogen) atoms. The Kier molecular flexibility index (Phi) is 26.4. The van der Waals surface area contributed by atoms with Crippen molar-refractivity contribution in [3.05, 3.63) is 474 Å². The second-order valence-electron chi connectivity index (χ2n) is 43.6. The number of hydrogen-bond acceptors (Lipinski definition) is 3. The van der Waals surface area contributed by atoms with E-state index < -0.39 is 0 Å². The fourth-order valence-corrected chi connectivity index (χ4v) is 25.4. The van der Waals surface area contributed by atoms with Crippen LogP contribution in [0, 0.1) is 132 Å². The van der Waals surface area contributed by atoms with E-state index in [0.717, 1.165) is 5.75 Å². The van der Waals surface area contributed by atoms with Gasteiger partial charge >= 0.3 is 0 Å². The number of hydrogen-bond donors (Lipinski definition) is 0. The summed E-state index contributed by atoms with van der Waals surface area (Å²) >= 11 is 1.86. The zero-order chi connectivity index (χ0) is 103. The summed E-state index contributed by atoms with van der Waals surface area (Å²) in [6, 6.07) is 133. The molecule has 0 bridgehead atoms. The van der Waals surface area contributed by atoms with Crippen LogP contribution in [0.15, 0.2) is 352 Å². The molecule has 0 N–H and O–H groups in total. The van der Waals surface area contributed by atoms with Gasteiger partial charge in [0.15, 0.2) is 0 Å². The molecule has 1 heterocycles. The highest BCUT2D eigenvalue weighted by Crippen LogP contribution is 2.62. The summed E-state index contributed by atoms with van der Waals surface area (Å²) in [4.78, 5) is 2.32. The third-order valence-electron chi connectivity index (χ3n) is 31.3. The molecule has 0 aliphatic heterocycles. The van der Waals surface area contributed by atoms with Crippen molar-refractivity contribution in [1.82, 2.24) is 0 Å². The molecule has 0 amide bonds. The van der Waals surface area contributed by atoms with E-state index in [1.54, 1.807) is 7.11 Å². The largest absolute Gasteiger partial charge is 0.496 e. The average Bonchev–Trinajstić information content (AvgIpc) is 1.53. The van der Waals surface area contributed by atoms with Crippen molar-refractivity contribution in [1.29, 1.82) is 0 Å². The molecule has 0 radical (unpaired) electrons. The van der Waals surface area contributed by atoms with E-state index in [2.05, 4.69) is 516 Å². The van der Waals surface area contributed by atoms with E-state index in [4.69, 9.17) is 4.74 Å². The monoisotopic (exact) mass is 1940 g/mol. The number of anilines is 3. The second-order valence-corrected chi connectivity index (χ2v) is 44.7. The van der Waals surface area contributed by atoms with Crippen LogP contribution >= 0.6 is 11.3 Å². The summed E-state index contributed by atoms with van der Waals surface area (Å²) in [5.41, 5.74) is 62.0. The molecular weight excluding hydrogens is 1800 g/mol. The van der Waals surface area contributed by atoms with Crippen molar-refractivity contribution in [2.45, 2.75) is 177 Å². The van der Waals surface area contributed by atoms with Gasteiger partial charge in [-0.25, -0.2) is 0 Å². The van der Waals surface area contributed by atoms with Crippen molar-refractivity contribution in [3.63, 3.8) is 0 Å². The quantitative estimate of drug-likeness (QED) is 0.121. The smallest absolute Gasteiger partial charge is 0.122 e. The van der Waals surface area contributed by atoms with Gasteiger partial charge in [-0.15, -0.1) is 11.3 Å². The molecule has 0 saturated heterocycles. The minimum Gasteiger partial charge on any atom is -0.496 e. The predicted octanol–water partition coefficient (Wildman–Crippen LogP) is 41.9. The first-order valence-electron chi connectivity index (χ1n) is 52.8. The molecule has 0 saturated carbocycles. The van der Waals surface area contributed by atoms with Crippen molar-refractivity contribution in [3.8, 4) is 128 Å². The maximum absolute atomic E-state index is 5.43. The average molecular weight is 1940 g/mol. The molecule has 3 aliphatic carbocycles. The minimum atomic E-state index is 0.142. The van der Waals surface area contributed by atoms with Crippen LogP contribution in [0.25, 0.3) is 186 Å². The lowest BCUT2D eigenvalue weighted by Gasteiger charge is -2.26. The Hall–Kier alpha value is -15.5. The molecule has 21 aromatic carbocycles. The van der Waals surface area contributed by atoms with E-state index in [0.29, 0.717) is 5.92 Å². The zero-order valence-corrected chi connectivity index (χ0v) is 91.4. The first-order chi connectivity index (χ1) is 71.2. The van der Waals surface area contributed by atoms with Gasteiger partial charge in [0.25, 0.3) is 0 Å². The van der Waals surface area contributed by atoms with Crippen LogP contribution in [0.5, 0.6) is 5.75 Å². The minimum absolute atomic E-state index is 0.142. The molecule has 730 valence electrons. The van der Waals surface area contributed by atoms with E-state index in [1.165, 1.54) is 332 Å². The van der Waals surface area contributed by atoms with Crippen molar-refractivity contribution in [2.75, 3.05) is 12.0 Å². The summed E-state index contributed by atoms with van der Waals surface area (Å²) < 4.78 is 8.13. The maximum Gasteiger partial charge on any atom is 0.122 e. The number of methoxy groups -OCH3 is 1. The van der Waals surface area contributed by atoms with Crippen LogP contribution in [0.2, 0.25) is 0 Å². The number of nitrogens with zero attached hydrogens (tertiary/aromatic N) is 1.